The van der Waals surface area contributed by atoms with Gasteiger partial charge in [-0.25, -0.2) is 0 Å². The van der Waals surface area contributed by atoms with Crippen molar-refractivity contribution in [1.82, 2.24) is 10.2 Å². The van der Waals surface area contributed by atoms with Crippen molar-refractivity contribution in [2.45, 2.75) is 26.3 Å². The highest BCUT2D eigenvalue weighted by molar-refractivity contribution is 6.41. The molecule has 0 saturated heterocycles. The molecule has 5 nitrogen and oxygen atoms in total. The second-order valence-electron chi connectivity index (χ2n) is 6.63. The van der Waals surface area contributed by atoms with Gasteiger partial charge in [0.05, 0.1) is 0 Å². The Kier molecular flexibility index (Phi) is 7.92. The van der Waals surface area contributed by atoms with Crippen LogP contribution in [-0.2, 0) is 4.79 Å². The molecule has 2 atom stereocenters. The zero-order valence-corrected chi connectivity index (χ0v) is 18.4. The van der Waals surface area contributed by atoms with Crippen molar-refractivity contribution in [3.8, 4) is 17.3 Å². The molecule has 2 aromatic rings. The van der Waals surface area contributed by atoms with Gasteiger partial charge < -0.3 is 5.32 Å². The number of nitriles is 1. The third-order valence-electron chi connectivity index (χ3n) is 4.71. The predicted molar refractivity (Wildman–Crippen MR) is 116 cm³/mol. The van der Waals surface area contributed by atoms with Gasteiger partial charge in [-0.3, -0.25) is 14.5 Å². The smallest absolute Gasteiger partial charge is 0.258 e. The first-order valence-corrected chi connectivity index (χ1v) is 10.1. The zero-order valence-electron chi connectivity index (χ0n) is 16.2. The lowest BCUT2D eigenvalue weighted by Crippen LogP contribution is -2.49. The van der Waals surface area contributed by atoms with E-state index in [0.717, 1.165) is 4.90 Å². The number of nitrogens with zero attached hydrogens (tertiary/aromatic N) is 2. The maximum absolute atomic E-state index is 12.7. The van der Waals surface area contributed by atoms with E-state index in [1.54, 1.807) is 36.5 Å². The van der Waals surface area contributed by atoms with Crippen LogP contribution in [0.5, 0.6) is 0 Å². The van der Waals surface area contributed by atoms with Crippen LogP contribution in [0.15, 0.2) is 36.4 Å². The molecule has 2 aromatic carbocycles. The molecular formula is C21H20Cl3N3O2. The topological polar surface area (TPSA) is 73.2 Å². The maximum Gasteiger partial charge on any atom is 0.258 e. The Morgan fingerprint density at radius 2 is 1.76 bits per heavy atom. The molecule has 0 spiro atoms. The van der Waals surface area contributed by atoms with Gasteiger partial charge in [-0.2, -0.15) is 5.26 Å². The summed E-state index contributed by atoms with van der Waals surface area (Å²) in [6, 6.07) is 9.05. The Hall–Kier alpha value is -2.26. The van der Waals surface area contributed by atoms with E-state index in [1.807, 2.05) is 13.8 Å². The van der Waals surface area contributed by atoms with E-state index in [-0.39, 0.29) is 11.5 Å². The molecule has 0 aliphatic rings. The number of hydrogen-bond donors (Lipinski definition) is 1. The number of nitrogens with one attached hydrogen (secondary N) is 1. The van der Waals surface area contributed by atoms with Crippen molar-refractivity contribution >= 4 is 46.6 Å². The van der Waals surface area contributed by atoms with Crippen LogP contribution in [0.3, 0.4) is 0 Å². The normalized spacial score (nSPS) is 12.6. The number of carbonyl (C=O) groups excluding carboxylic acids is 2. The van der Waals surface area contributed by atoms with Crippen LogP contribution in [0.4, 0.5) is 0 Å². The molecule has 29 heavy (non-hydrogen) atoms. The van der Waals surface area contributed by atoms with E-state index >= 15 is 0 Å². The average molecular weight is 453 g/mol. The van der Waals surface area contributed by atoms with Crippen LogP contribution in [0.25, 0.3) is 11.1 Å². The van der Waals surface area contributed by atoms with Crippen LogP contribution in [0.1, 0.15) is 30.6 Å². The molecule has 1 unspecified atom stereocenters. The number of rotatable bonds is 6. The monoisotopic (exact) mass is 451 g/mol. The van der Waals surface area contributed by atoms with Gasteiger partial charge in [-0.05, 0) is 30.2 Å². The predicted octanol–water partition coefficient (Wildman–Crippen LogP) is 5.40. The number of hydrogen-bond acceptors (Lipinski definition) is 3. The minimum Gasteiger partial charge on any atom is -0.340 e. The lowest BCUT2D eigenvalue weighted by molar-refractivity contribution is -0.130. The average Bonchev–Trinajstić information content (AvgIpc) is 2.70. The maximum atomic E-state index is 12.7. The summed E-state index contributed by atoms with van der Waals surface area (Å²) in [6.07, 6.45) is 2.42. The zero-order chi connectivity index (χ0) is 21.7. The molecule has 0 heterocycles. The van der Waals surface area contributed by atoms with Gasteiger partial charge in [0.25, 0.3) is 11.8 Å². The fourth-order valence-corrected chi connectivity index (χ4v) is 3.66. The third-order valence-corrected chi connectivity index (χ3v) is 5.65. The first-order valence-electron chi connectivity index (χ1n) is 8.93. The molecule has 2 rings (SSSR count). The molecule has 8 heteroatoms. The second kappa shape index (κ2) is 9.98. The van der Waals surface area contributed by atoms with Crippen molar-refractivity contribution in [3.63, 3.8) is 0 Å². The summed E-state index contributed by atoms with van der Waals surface area (Å²) in [5, 5.41) is 12.9. The highest BCUT2D eigenvalue weighted by Gasteiger charge is 2.29. The fourth-order valence-electron chi connectivity index (χ4n) is 2.78. The number of carbonyl (C=O) groups is 2. The Labute approximate surface area is 185 Å². The van der Waals surface area contributed by atoms with E-state index < -0.39 is 17.9 Å². The van der Waals surface area contributed by atoms with Crippen LogP contribution in [0.2, 0.25) is 15.1 Å². The second-order valence-corrected chi connectivity index (χ2v) is 7.85. The first kappa shape index (κ1) is 23.0. The van der Waals surface area contributed by atoms with Crippen LogP contribution in [0, 0.1) is 17.4 Å². The number of benzene rings is 2. The molecule has 152 valence electrons. The Bertz CT molecular complexity index is 952. The van der Waals surface area contributed by atoms with Gasteiger partial charge in [-0.1, -0.05) is 67.2 Å². The highest BCUT2D eigenvalue weighted by atomic mass is 35.5. The van der Waals surface area contributed by atoms with Crippen LogP contribution >= 0.6 is 34.8 Å². The number of halogens is 3. The molecule has 0 fully saturated rings. The van der Waals surface area contributed by atoms with Gasteiger partial charge in [-0.15, -0.1) is 0 Å². The summed E-state index contributed by atoms with van der Waals surface area (Å²) < 4.78 is 0. The first-order chi connectivity index (χ1) is 13.7. The van der Waals surface area contributed by atoms with E-state index in [1.165, 1.54) is 13.1 Å². The van der Waals surface area contributed by atoms with E-state index in [0.29, 0.717) is 32.6 Å². The van der Waals surface area contributed by atoms with Crippen molar-refractivity contribution < 1.29 is 9.59 Å². The lowest BCUT2D eigenvalue weighted by Gasteiger charge is -2.25. The third kappa shape index (κ3) is 5.22. The van der Waals surface area contributed by atoms with Crippen LogP contribution in [-0.4, -0.2) is 29.8 Å². The molecular weight excluding hydrogens is 433 g/mol. The lowest BCUT2D eigenvalue weighted by atomic mass is 9.97. The SMILES string of the molecule is CCC(C)[C@H](NC(=O)c1ccc(-c2c(Cl)cccc2Cl)c(Cl)c1)C(=O)N(C)C#N. The Morgan fingerprint density at radius 1 is 1.14 bits per heavy atom. The minimum absolute atomic E-state index is 0.154. The highest BCUT2D eigenvalue weighted by Crippen LogP contribution is 2.38. The number of likely N-dealkylation sites (N-methyl/N-ethyl adjacent to an activating group) is 1. The van der Waals surface area contributed by atoms with Gasteiger partial charge in [0.15, 0.2) is 6.19 Å². The van der Waals surface area contributed by atoms with Crippen molar-refractivity contribution in [2.75, 3.05) is 7.05 Å². The van der Waals surface area contributed by atoms with Crippen molar-refractivity contribution in [3.05, 3.63) is 57.0 Å². The van der Waals surface area contributed by atoms with E-state index in [9.17, 15) is 9.59 Å². The molecule has 0 aliphatic heterocycles. The Morgan fingerprint density at radius 3 is 2.28 bits per heavy atom. The van der Waals surface area contributed by atoms with Crippen molar-refractivity contribution in [1.29, 1.82) is 5.26 Å². The quantitative estimate of drug-likeness (QED) is 0.471. The van der Waals surface area contributed by atoms with E-state index in [4.69, 9.17) is 40.1 Å². The fraction of sp³-hybridized carbons (Fsp3) is 0.286. The van der Waals surface area contributed by atoms with E-state index in [2.05, 4.69) is 5.32 Å². The summed E-state index contributed by atoms with van der Waals surface area (Å²) in [7, 11) is 1.36. The van der Waals surface area contributed by atoms with Crippen LogP contribution < -0.4 is 5.32 Å². The molecule has 0 saturated carbocycles. The van der Waals surface area contributed by atoms with Gasteiger partial charge in [0.2, 0.25) is 0 Å². The minimum atomic E-state index is -0.825. The molecule has 1 N–H and O–H groups in total. The summed E-state index contributed by atoms with van der Waals surface area (Å²) in [6.45, 7) is 3.74. The Balaban J connectivity index is 2.33. The largest absolute Gasteiger partial charge is 0.340 e. The summed E-state index contributed by atoms with van der Waals surface area (Å²) in [4.78, 5) is 26.1. The summed E-state index contributed by atoms with van der Waals surface area (Å²) >= 11 is 18.9. The molecule has 0 aliphatic carbocycles. The standard InChI is InChI=1S/C21H20Cl3N3O2/c1-4-12(2)19(21(29)27(3)11-25)26-20(28)13-8-9-14(17(24)10-13)18-15(22)6-5-7-16(18)23/h5-10,12,19H,4H2,1-3H3,(H,26,28)/t12?,19-/m0/s1. The van der Waals surface area contributed by atoms with Crippen molar-refractivity contribution in [2.24, 2.45) is 5.92 Å². The molecule has 0 bridgehead atoms. The van der Waals surface area contributed by atoms with Gasteiger partial charge in [0.1, 0.15) is 6.04 Å². The summed E-state index contributed by atoms with van der Waals surface area (Å²) in [5.41, 5.74) is 1.45. The number of amides is 2. The van der Waals surface area contributed by atoms with Gasteiger partial charge >= 0.3 is 0 Å². The molecule has 2 amide bonds. The summed E-state index contributed by atoms with van der Waals surface area (Å²) in [5.74, 6) is -1.09. The van der Waals surface area contributed by atoms with Gasteiger partial charge in [0, 0.05) is 38.8 Å². The molecule has 0 radical (unpaired) electrons. The molecule has 0 aromatic heterocycles.